The molecule has 1 saturated heterocycles. The lowest BCUT2D eigenvalue weighted by molar-refractivity contribution is 0.187. The minimum atomic E-state index is 0.0834. The Hall–Kier alpha value is -0.870. The van der Waals surface area contributed by atoms with Crippen LogP contribution in [0.3, 0.4) is 0 Å². The van der Waals surface area contributed by atoms with Gasteiger partial charge in [0, 0.05) is 26.5 Å². The van der Waals surface area contributed by atoms with Crippen LogP contribution in [0.25, 0.3) is 0 Å². The van der Waals surface area contributed by atoms with Gasteiger partial charge in [-0.2, -0.15) is 5.10 Å². The summed E-state index contributed by atoms with van der Waals surface area (Å²) in [5.74, 6) is 0. The molecule has 0 radical (unpaired) electrons. The lowest BCUT2D eigenvalue weighted by Gasteiger charge is -2.30. The number of aromatic nitrogens is 2. The van der Waals surface area contributed by atoms with E-state index in [1.807, 2.05) is 6.20 Å². The number of nitrogens with zero attached hydrogens (tertiary/aromatic N) is 2. The van der Waals surface area contributed by atoms with Crippen molar-refractivity contribution in [3.8, 4) is 0 Å². The van der Waals surface area contributed by atoms with E-state index in [0.717, 1.165) is 26.1 Å². The molecule has 0 aliphatic carbocycles. The van der Waals surface area contributed by atoms with Crippen molar-refractivity contribution in [3.63, 3.8) is 0 Å². The molecular weight excluding hydrogens is 226 g/mol. The number of ether oxygens (including phenoxy) is 1. The second-order valence-corrected chi connectivity index (χ2v) is 5.36. The van der Waals surface area contributed by atoms with Crippen molar-refractivity contribution >= 4 is 0 Å². The van der Waals surface area contributed by atoms with Gasteiger partial charge in [0.25, 0.3) is 0 Å². The van der Waals surface area contributed by atoms with Crippen molar-refractivity contribution in [2.75, 3.05) is 20.3 Å². The fourth-order valence-corrected chi connectivity index (χ4v) is 2.79. The summed E-state index contributed by atoms with van der Waals surface area (Å²) in [5, 5.41) is 8.16. The third-order valence-electron chi connectivity index (χ3n) is 3.87. The van der Waals surface area contributed by atoms with Crippen LogP contribution in [0, 0.1) is 0 Å². The third kappa shape index (κ3) is 3.12. The zero-order valence-electron chi connectivity index (χ0n) is 11.6. The summed E-state index contributed by atoms with van der Waals surface area (Å²) >= 11 is 0. The monoisotopic (exact) mass is 251 g/mol. The molecule has 1 aromatic rings. The molecule has 1 unspecified atom stereocenters. The first-order valence-corrected chi connectivity index (χ1v) is 7.02. The molecule has 1 N–H and O–H groups in total. The van der Waals surface area contributed by atoms with Gasteiger partial charge in [-0.1, -0.05) is 12.8 Å². The summed E-state index contributed by atoms with van der Waals surface area (Å²) in [6.07, 6.45) is 8.05. The van der Waals surface area contributed by atoms with Crippen molar-refractivity contribution in [2.24, 2.45) is 0 Å². The molecule has 18 heavy (non-hydrogen) atoms. The van der Waals surface area contributed by atoms with Gasteiger partial charge in [0.15, 0.2) is 0 Å². The van der Waals surface area contributed by atoms with E-state index >= 15 is 0 Å². The number of nitrogens with one attached hydrogen (secondary N) is 1. The van der Waals surface area contributed by atoms with Crippen molar-refractivity contribution in [2.45, 2.75) is 51.1 Å². The predicted octanol–water partition coefficient (Wildman–Crippen LogP) is 2.30. The Balaban J connectivity index is 2.08. The van der Waals surface area contributed by atoms with E-state index in [0.29, 0.717) is 0 Å². The van der Waals surface area contributed by atoms with Gasteiger partial charge >= 0.3 is 0 Å². The number of hydrogen-bond acceptors (Lipinski definition) is 3. The summed E-state index contributed by atoms with van der Waals surface area (Å²) in [7, 11) is 1.75. The lowest BCUT2D eigenvalue weighted by atomic mass is 9.92. The Labute approximate surface area is 110 Å². The Kier molecular flexibility index (Phi) is 4.78. The maximum absolute atomic E-state index is 5.11. The molecule has 0 spiro atoms. The summed E-state index contributed by atoms with van der Waals surface area (Å²) in [6, 6.07) is 2.16. The molecule has 1 aliphatic rings. The van der Waals surface area contributed by atoms with Gasteiger partial charge < -0.3 is 10.1 Å². The van der Waals surface area contributed by atoms with Gasteiger partial charge in [0.1, 0.15) is 0 Å². The molecule has 4 nitrogen and oxygen atoms in total. The third-order valence-corrected chi connectivity index (χ3v) is 3.87. The van der Waals surface area contributed by atoms with Crippen LogP contribution < -0.4 is 5.32 Å². The molecule has 0 saturated carbocycles. The maximum Gasteiger partial charge on any atom is 0.0582 e. The zero-order chi connectivity index (χ0) is 12.8. The largest absolute Gasteiger partial charge is 0.385 e. The number of rotatable bonds is 5. The molecule has 102 valence electrons. The van der Waals surface area contributed by atoms with Crippen LogP contribution in [-0.4, -0.2) is 30.0 Å². The standard InChI is InChI=1S/C14H25N3O/c1-14(8-4-3-5-9-15-14)13-7-10-16-17(13)11-6-12-18-2/h7,10,15H,3-6,8-9,11-12H2,1-2H3. The van der Waals surface area contributed by atoms with Gasteiger partial charge in [-0.05, 0) is 38.8 Å². The van der Waals surface area contributed by atoms with Gasteiger partial charge in [0.2, 0.25) is 0 Å². The SMILES string of the molecule is COCCCn1nccc1C1(C)CCCCCN1. The molecule has 2 rings (SSSR count). The fraction of sp³-hybridized carbons (Fsp3) is 0.786. The normalized spacial score (nSPS) is 25.0. The molecule has 1 atom stereocenters. The molecule has 0 bridgehead atoms. The first kappa shape index (κ1) is 13.6. The van der Waals surface area contributed by atoms with Crippen molar-refractivity contribution in [1.29, 1.82) is 0 Å². The van der Waals surface area contributed by atoms with E-state index in [1.165, 1.54) is 31.4 Å². The Morgan fingerprint density at radius 3 is 3.17 bits per heavy atom. The number of methoxy groups -OCH3 is 1. The molecular formula is C14H25N3O. The summed E-state index contributed by atoms with van der Waals surface area (Å²) in [4.78, 5) is 0. The molecule has 2 heterocycles. The first-order chi connectivity index (χ1) is 8.76. The zero-order valence-corrected chi connectivity index (χ0v) is 11.6. The van der Waals surface area contributed by atoms with Crippen LogP contribution in [0.1, 0.15) is 44.7 Å². The average molecular weight is 251 g/mol. The minimum Gasteiger partial charge on any atom is -0.385 e. The van der Waals surface area contributed by atoms with Crippen LogP contribution in [0.15, 0.2) is 12.3 Å². The molecule has 1 aromatic heterocycles. The van der Waals surface area contributed by atoms with E-state index < -0.39 is 0 Å². The topological polar surface area (TPSA) is 39.1 Å². The maximum atomic E-state index is 5.11. The van der Waals surface area contributed by atoms with Crippen LogP contribution in [-0.2, 0) is 16.8 Å². The number of hydrogen-bond donors (Lipinski definition) is 1. The fourth-order valence-electron chi connectivity index (χ4n) is 2.79. The predicted molar refractivity (Wildman–Crippen MR) is 72.5 cm³/mol. The van der Waals surface area contributed by atoms with Crippen LogP contribution >= 0.6 is 0 Å². The quantitative estimate of drug-likeness (QED) is 0.816. The second-order valence-electron chi connectivity index (χ2n) is 5.36. The van der Waals surface area contributed by atoms with Crippen LogP contribution in [0.2, 0.25) is 0 Å². The Morgan fingerprint density at radius 1 is 1.44 bits per heavy atom. The smallest absolute Gasteiger partial charge is 0.0582 e. The van der Waals surface area contributed by atoms with Gasteiger partial charge in [-0.3, -0.25) is 4.68 Å². The highest BCUT2D eigenvalue weighted by atomic mass is 16.5. The summed E-state index contributed by atoms with van der Waals surface area (Å²) in [5.41, 5.74) is 1.40. The molecule has 1 fully saturated rings. The lowest BCUT2D eigenvalue weighted by Crippen LogP contribution is -2.40. The minimum absolute atomic E-state index is 0.0834. The molecule has 0 aromatic carbocycles. The highest BCUT2D eigenvalue weighted by Crippen LogP contribution is 2.29. The number of aryl methyl sites for hydroxylation is 1. The first-order valence-electron chi connectivity index (χ1n) is 7.02. The highest BCUT2D eigenvalue weighted by molar-refractivity contribution is 5.14. The van der Waals surface area contributed by atoms with Crippen molar-refractivity contribution in [1.82, 2.24) is 15.1 Å². The summed E-state index contributed by atoms with van der Waals surface area (Å²) < 4.78 is 7.25. The van der Waals surface area contributed by atoms with E-state index in [9.17, 15) is 0 Å². The molecule has 4 heteroatoms. The van der Waals surface area contributed by atoms with Gasteiger partial charge in [0.05, 0.1) is 11.2 Å². The van der Waals surface area contributed by atoms with Crippen LogP contribution in [0.4, 0.5) is 0 Å². The summed E-state index contributed by atoms with van der Waals surface area (Å²) in [6.45, 7) is 5.15. The molecule has 1 aliphatic heterocycles. The second kappa shape index (κ2) is 6.34. The van der Waals surface area contributed by atoms with Crippen molar-refractivity contribution in [3.05, 3.63) is 18.0 Å². The van der Waals surface area contributed by atoms with Crippen molar-refractivity contribution < 1.29 is 4.74 Å². The van der Waals surface area contributed by atoms with E-state index in [4.69, 9.17) is 4.74 Å². The Morgan fingerprint density at radius 2 is 2.33 bits per heavy atom. The van der Waals surface area contributed by atoms with E-state index in [1.54, 1.807) is 7.11 Å². The van der Waals surface area contributed by atoms with E-state index in [2.05, 4.69) is 28.1 Å². The van der Waals surface area contributed by atoms with Gasteiger partial charge in [-0.25, -0.2) is 0 Å². The van der Waals surface area contributed by atoms with E-state index in [-0.39, 0.29) is 5.54 Å². The van der Waals surface area contributed by atoms with Gasteiger partial charge in [-0.15, -0.1) is 0 Å². The Bertz CT molecular complexity index is 354. The highest BCUT2D eigenvalue weighted by Gasteiger charge is 2.30. The molecule has 0 amide bonds. The van der Waals surface area contributed by atoms with Crippen LogP contribution in [0.5, 0.6) is 0 Å². The average Bonchev–Trinajstić information content (AvgIpc) is 2.73.